The predicted octanol–water partition coefficient (Wildman–Crippen LogP) is 7.08. The smallest absolute Gasteiger partial charge is 0.283 e. The largest absolute Gasteiger partial charge is 0.490 e. The van der Waals surface area contributed by atoms with Gasteiger partial charge >= 0.3 is 0 Å². The van der Waals surface area contributed by atoms with Crippen LogP contribution in [-0.2, 0) is 4.79 Å². The molecular weight excluding hydrogens is 567 g/mol. The third kappa shape index (κ3) is 5.59. The van der Waals surface area contributed by atoms with Gasteiger partial charge in [-0.2, -0.15) is 15.1 Å². The highest BCUT2D eigenvalue weighted by Crippen LogP contribution is 2.36. The number of hydrogen-bond donors (Lipinski definition) is 1. The van der Waals surface area contributed by atoms with Gasteiger partial charge in [-0.15, -0.1) is 0 Å². The number of halogens is 3. The average molecular weight is 586 g/mol. The standard InChI is InChI=1S/C27H19Cl3N4O3S/c1-15-6-8-17(9-7-15)36-10-11-37-23-21(29)13-16(14-22(23)30)12-19-24(31)34-27(32-25(19)35)38-26(33-34)18-4-2-3-5-20(18)28/h2-9,12-14,31H,10-11H2,1H3/b19-12+,31-24?. The van der Waals surface area contributed by atoms with Crippen molar-refractivity contribution in [2.75, 3.05) is 13.2 Å². The van der Waals surface area contributed by atoms with Crippen LogP contribution in [0.4, 0.5) is 0 Å². The maximum atomic E-state index is 12.8. The van der Waals surface area contributed by atoms with Crippen molar-refractivity contribution < 1.29 is 14.3 Å². The minimum absolute atomic E-state index is 0.0470. The van der Waals surface area contributed by atoms with Gasteiger partial charge in [-0.1, -0.05) is 70.7 Å². The fraction of sp³-hybridized carbons (Fsp3) is 0.111. The second-order valence-corrected chi connectivity index (χ2v) is 10.4. The first-order valence-corrected chi connectivity index (χ1v) is 13.3. The molecule has 2 aliphatic rings. The van der Waals surface area contributed by atoms with E-state index in [9.17, 15) is 4.79 Å². The van der Waals surface area contributed by atoms with Crippen molar-refractivity contribution in [1.29, 1.82) is 5.41 Å². The SMILES string of the molecule is Cc1ccc(OCCOc2c(Cl)cc(/C=C3\C(=N)N4N=C(c5ccccc5Cl)SC4=NC3=O)cc2Cl)cc1. The Balaban J connectivity index is 1.30. The molecule has 0 saturated heterocycles. The lowest BCUT2D eigenvalue weighted by molar-refractivity contribution is -0.114. The second-order valence-electron chi connectivity index (χ2n) is 8.23. The minimum Gasteiger partial charge on any atom is -0.490 e. The zero-order chi connectivity index (χ0) is 26.8. The van der Waals surface area contributed by atoms with Crippen LogP contribution in [0.3, 0.4) is 0 Å². The van der Waals surface area contributed by atoms with Gasteiger partial charge < -0.3 is 9.47 Å². The van der Waals surface area contributed by atoms with Crippen molar-refractivity contribution in [3.63, 3.8) is 0 Å². The topological polar surface area (TPSA) is 87.3 Å². The van der Waals surface area contributed by atoms with Gasteiger partial charge in [-0.25, -0.2) is 0 Å². The van der Waals surface area contributed by atoms with Crippen molar-refractivity contribution >= 4 is 74.6 Å². The molecule has 2 heterocycles. The number of nitrogens with zero attached hydrogens (tertiary/aromatic N) is 3. The summed E-state index contributed by atoms with van der Waals surface area (Å²) >= 11 is 20.3. The van der Waals surface area contributed by atoms with E-state index in [1.807, 2.05) is 49.4 Å². The Bertz CT molecular complexity index is 1510. The molecule has 0 aliphatic carbocycles. The summed E-state index contributed by atoms with van der Waals surface area (Å²) in [5.41, 5.74) is 2.40. The first-order valence-electron chi connectivity index (χ1n) is 11.4. The number of amides is 1. The molecule has 7 nitrogen and oxygen atoms in total. The highest BCUT2D eigenvalue weighted by molar-refractivity contribution is 8.27. The summed E-state index contributed by atoms with van der Waals surface area (Å²) in [6.45, 7) is 2.54. The number of carbonyl (C=O) groups excluding carboxylic acids is 1. The minimum atomic E-state index is -0.565. The van der Waals surface area contributed by atoms with Gasteiger partial charge in [0.2, 0.25) is 5.17 Å². The number of benzene rings is 3. The van der Waals surface area contributed by atoms with E-state index in [0.717, 1.165) is 11.3 Å². The molecule has 5 rings (SSSR count). The Labute approximate surface area is 238 Å². The van der Waals surface area contributed by atoms with Gasteiger partial charge in [-0.3, -0.25) is 10.2 Å². The molecule has 192 valence electrons. The van der Waals surface area contributed by atoms with Crippen LogP contribution in [0.5, 0.6) is 11.5 Å². The molecule has 1 amide bonds. The third-order valence-electron chi connectivity index (χ3n) is 5.51. The number of nitrogens with one attached hydrogen (secondary N) is 1. The van der Waals surface area contributed by atoms with Gasteiger partial charge in [0.15, 0.2) is 11.6 Å². The molecule has 0 saturated carbocycles. The van der Waals surface area contributed by atoms with Crippen LogP contribution >= 0.6 is 46.6 Å². The Morgan fingerprint density at radius 2 is 1.66 bits per heavy atom. The summed E-state index contributed by atoms with van der Waals surface area (Å²) in [4.78, 5) is 16.9. The monoisotopic (exact) mass is 584 g/mol. The molecule has 1 N–H and O–H groups in total. The van der Waals surface area contributed by atoms with Crippen LogP contribution in [0, 0.1) is 12.3 Å². The number of amidine groups is 2. The van der Waals surface area contributed by atoms with E-state index in [-0.39, 0.29) is 28.1 Å². The molecule has 38 heavy (non-hydrogen) atoms. The summed E-state index contributed by atoms with van der Waals surface area (Å²) in [5, 5.41) is 16.2. The zero-order valence-electron chi connectivity index (χ0n) is 19.9. The number of ether oxygens (including phenoxy) is 2. The van der Waals surface area contributed by atoms with Crippen molar-refractivity contribution in [3.05, 3.63) is 98.0 Å². The molecule has 2 aliphatic heterocycles. The van der Waals surface area contributed by atoms with Crippen molar-refractivity contribution in [1.82, 2.24) is 5.01 Å². The zero-order valence-corrected chi connectivity index (χ0v) is 23.0. The number of hydrogen-bond acceptors (Lipinski definition) is 6. The lowest BCUT2D eigenvalue weighted by atomic mass is 10.1. The molecule has 0 radical (unpaired) electrons. The highest BCUT2D eigenvalue weighted by atomic mass is 35.5. The van der Waals surface area contributed by atoms with Gasteiger partial charge in [-0.05, 0) is 60.7 Å². The van der Waals surface area contributed by atoms with E-state index in [0.29, 0.717) is 38.7 Å². The quantitative estimate of drug-likeness (QED) is 0.236. The molecule has 0 aromatic heterocycles. The summed E-state index contributed by atoms with van der Waals surface area (Å²) in [6.07, 6.45) is 1.50. The molecule has 3 aromatic carbocycles. The second kappa shape index (κ2) is 11.2. The Morgan fingerprint density at radius 3 is 2.37 bits per heavy atom. The first kappa shape index (κ1) is 26.3. The van der Waals surface area contributed by atoms with Crippen LogP contribution in [0.25, 0.3) is 6.08 Å². The molecule has 0 atom stereocenters. The molecule has 3 aromatic rings. The van der Waals surface area contributed by atoms with Crippen LogP contribution in [-0.4, -0.2) is 40.2 Å². The van der Waals surface area contributed by atoms with Gasteiger partial charge in [0.05, 0.1) is 20.6 Å². The molecule has 0 spiro atoms. The van der Waals surface area contributed by atoms with Crippen LogP contribution < -0.4 is 9.47 Å². The fourth-order valence-electron chi connectivity index (χ4n) is 3.64. The molecular formula is C27H19Cl3N4O3S. The number of aryl methyl sites for hydroxylation is 1. The first-order chi connectivity index (χ1) is 18.3. The normalized spacial score (nSPS) is 15.9. The van der Waals surface area contributed by atoms with Crippen molar-refractivity contribution in [2.24, 2.45) is 10.1 Å². The van der Waals surface area contributed by atoms with Crippen molar-refractivity contribution in [2.45, 2.75) is 6.92 Å². The van der Waals surface area contributed by atoms with Crippen LogP contribution in [0.1, 0.15) is 16.7 Å². The maximum absolute atomic E-state index is 12.8. The van der Waals surface area contributed by atoms with Crippen LogP contribution in [0.15, 0.2) is 76.3 Å². The summed E-state index contributed by atoms with van der Waals surface area (Å²) in [6, 6.07) is 18.1. The summed E-state index contributed by atoms with van der Waals surface area (Å²) in [5.74, 6) is 0.363. The maximum Gasteiger partial charge on any atom is 0.283 e. The van der Waals surface area contributed by atoms with Crippen molar-refractivity contribution in [3.8, 4) is 11.5 Å². The van der Waals surface area contributed by atoms with E-state index in [1.165, 1.54) is 22.8 Å². The van der Waals surface area contributed by atoms with Gasteiger partial charge in [0.1, 0.15) is 24.0 Å². The fourth-order valence-corrected chi connectivity index (χ4v) is 5.47. The Morgan fingerprint density at radius 1 is 0.974 bits per heavy atom. The van der Waals surface area contributed by atoms with E-state index in [4.69, 9.17) is 49.7 Å². The number of aliphatic imine (C=N–C) groups is 1. The third-order valence-corrected chi connectivity index (χ3v) is 7.34. The summed E-state index contributed by atoms with van der Waals surface area (Å²) < 4.78 is 11.4. The number of fused-ring (bicyclic) bond motifs is 1. The number of carbonyl (C=O) groups is 1. The number of thioether (sulfide) groups is 1. The van der Waals surface area contributed by atoms with Crippen LogP contribution in [0.2, 0.25) is 15.1 Å². The summed E-state index contributed by atoms with van der Waals surface area (Å²) in [7, 11) is 0. The Hall–Kier alpha value is -3.30. The molecule has 0 fully saturated rings. The van der Waals surface area contributed by atoms with E-state index in [2.05, 4.69) is 10.1 Å². The number of rotatable bonds is 7. The van der Waals surface area contributed by atoms with E-state index >= 15 is 0 Å². The lowest BCUT2D eigenvalue weighted by Gasteiger charge is -2.20. The molecule has 11 heteroatoms. The van der Waals surface area contributed by atoms with E-state index in [1.54, 1.807) is 18.2 Å². The molecule has 0 bridgehead atoms. The number of hydrazone groups is 1. The Kier molecular flexibility index (Phi) is 7.76. The van der Waals surface area contributed by atoms with Gasteiger partial charge in [0.25, 0.3) is 5.91 Å². The van der Waals surface area contributed by atoms with E-state index < -0.39 is 5.91 Å². The average Bonchev–Trinajstić information content (AvgIpc) is 3.31. The highest BCUT2D eigenvalue weighted by Gasteiger charge is 2.36. The lowest BCUT2D eigenvalue weighted by Crippen LogP contribution is -2.35. The molecule has 0 unspecified atom stereocenters. The predicted molar refractivity (Wildman–Crippen MR) is 154 cm³/mol. The van der Waals surface area contributed by atoms with Gasteiger partial charge in [0, 0.05) is 5.56 Å².